The average Bonchev–Trinajstić information content (AvgIpc) is 3.16. The molecule has 0 amide bonds. The number of pyridine rings is 1. The molecule has 0 aliphatic heterocycles. The molecule has 0 radical (unpaired) electrons. The first-order valence-electron chi connectivity index (χ1n) is 8.59. The minimum Gasteiger partial charge on any atom is -0.395 e. The second-order valence-corrected chi connectivity index (χ2v) is 6.98. The van der Waals surface area contributed by atoms with E-state index in [1.807, 2.05) is 48.7 Å². The summed E-state index contributed by atoms with van der Waals surface area (Å²) in [6.45, 7) is 0.555. The van der Waals surface area contributed by atoms with Crippen LogP contribution in [0.25, 0.3) is 33.3 Å². The fraction of sp³-hybridized carbons (Fsp3) is 0.0952. The molecule has 0 bridgehead atoms. The lowest BCUT2D eigenvalue weighted by atomic mass is 10.00. The summed E-state index contributed by atoms with van der Waals surface area (Å²) < 4.78 is 18.0. The van der Waals surface area contributed by atoms with E-state index in [9.17, 15) is 4.39 Å². The second kappa shape index (κ2) is 7.92. The van der Waals surface area contributed by atoms with Crippen molar-refractivity contribution in [3.05, 3.63) is 72.8 Å². The van der Waals surface area contributed by atoms with Gasteiger partial charge < -0.3 is 10.1 Å². The molecule has 0 fully saturated rings. The minimum atomic E-state index is -0.285. The van der Waals surface area contributed by atoms with Crippen molar-refractivity contribution >= 4 is 23.0 Å². The SMILES string of the molecule is OCCNSc1ccccc1-c1ccc(-c2cnc3[nH]ccc3c2)c(F)c1. The summed E-state index contributed by atoms with van der Waals surface area (Å²) in [6.07, 6.45) is 3.50. The van der Waals surface area contributed by atoms with E-state index in [-0.39, 0.29) is 12.4 Å². The smallest absolute Gasteiger partial charge is 0.137 e. The summed E-state index contributed by atoms with van der Waals surface area (Å²) in [7, 11) is 0. The van der Waals surface area contributed by atoms with Crippen molar-refractivity contribution in [3.8, 4) is 22.3 Å². The number of aromatic nitrogens is 2. The number of hydrogen-bond acceptors (Lipinski definition) is 4. The van der Waals surface area contributed by atoms with E-state index in [2.05, 4.69) is 14.7 Å². The van der Waals surface area contributed by atoms with Gasteiger partial charge in [-0.2, -0.15) is 0 Å². The maximum absolute atomic E-state index is 14.9. The molecule has 0 atom stereocenters. The van der Waals surface area contributed by atoms with Crippen molar-refractivity contribution in [1.29, 1.82) is 0 Å². The third-order valence-corrected chi connectivity index (χ3v) is 5.20. The van der Waals surface area contributed by atoms with E-state index in [1.54, 1.807) is 18.3 Å². The number of benzene rings is 2. The number of aromatic amines is 1. The molecule has 0 unspecified atom stereocenters. The molecule has 4 aromatic rings. The molecule has 2 aromatic heterocycles. The van der Waals surface area contributed by atoms with Crippen LogP contribution in [0.4, 0.5) is 4.39 Å². The molecular weight excluding hydrogens is 361 g/mol. The maximum Gasteiger partial charge on any atom is 0.137 e. The zero-order valence-corrected chi connectivity index (χ0v) is 15.3. The van der Waals surface area contributed by atoms with Gasteiger partial charge in [-0.3, -0.25) is 4.72 Å². The predicted octanol–water partition coefficient (Wildman–Crippen LogP) is 4.63. The topological polar surface area (TPSA) is 60.9 Å². The van der Waals surface area contributed by atoms with Gasteiger partial charge in [0, 0.05) is 40.3 Å². The summed E-state index contributed by atoms with van der Waals surface area (Å²) in [5.74, 6) is -0.285. The quantitative estimate of drug-likeness (QED) is 0.338. The fourth-order valence-electron chi connectivity index (χ4n) is 2.97. The van der Waals surface area contributed by atoms with Gasteiger partial charge in [-0.15, -0.1) is 0 Å². The first-order valence-corrected chi connectivity index (χ1v) is 9.41. The van der Waals surface area contributed by atoms with Gasteiger partial charge in [-0.25, -0.2) is 9.37 Å². The zero-order chi connectivity index (χ0) is 18.6. The van der Waals surface area contributed by atoms with Crippen molar-refractivity contribution in [2.24, 2.45) is 0 Å². The number of fused-ring (bicyclic) bond motifs is 1. The number of aliphatic hydroxyl groups is 1. The van der Waals surface area contributed by atoms with E-state index >= 15 is 0 Å². The first-order chi connectivity index (χ1) is 13.3. The highest BCUT2D eigenvalue weighted by atomic mass is 32.2. The lowest BCUT2D eigenvalue weighted by molar-refractivity contribution is 0.302. The number of nitrogens with one attached hydrogen (secondary N) is 2. The van der Waals surface area contributed by atoms with Crippen LogP contribution in [0.5, 0.6) is 0 Å². The Morgan fingerprint density at radius 3 is 2.78 bits per heavy atom. The number of hydrogen-bond donors (Lipinski definition) is 3. The van der Waals surface area contributed by atoms with Crippen LogP contribution in [0.15, 0.2) is 71.9 Å². The average molecular weight is 379 g/mol. The van der Waals surface area contributed by atoms with E-state index in [0.717, 1.165) is 32.6 Å². The fourth-order valence-corrected chi connectivity index (χ4v) is 3.76. The Balaban J connectivity index is 1.68. The highest BCUT2D eigenvalue weighted by molar-refractivity contribution is 7.97. The minimum absolute atomic E-state index is 0.0675. The molecule has 6 heteroatoms. The van der Waals surface area contributed by atoms with Gasteiger partial charge >= 0.3 is 0 Å². The number of nitrogens with zero attached hydrogens (tertiary/aromatic N) is 1. The third-order valence-electron chi connectivity index (χ3n) is 4.27. The Kier molecular flexibility index (Phi) is 5.20. The summed E-state index contributed by atoms with van der Waals surface area (Å²) in [4.78, 5) is 8.36. The van der Waals surface area contributed by atoms with Crippen molar-refractivity contribution in [3.63, 3.8) is 0 Å². The lowest BCUT2D eigenvalue weighted by Crippen LogP contribution is -2.09. The van der Waals surface area contributed by atoms with Gasteiger partial charge in [0.25, 0.3) is 0 Å². The van der Waals surface area contributed by atoms with Crippen LogP contribution >= 0.6 is 11.9 Å². The van der Waals surface area contributed by atoms with Crippen LogP contribution < -0.4 is 4.72 Å². The zero-order valence-electron chi connectivity index (χ0n) is 14.4. The molecule has 4 rings (SSSR count). The monoisotopic (exact) mass is 379 g/mol. The highest BCUT2D eigenvalue weighted by Gasteiger charge is 2.11. The molecule has 4 nitrogen and oxygen atoms in total. The van der Waals surface area contributed by atoms with Crippen molar-refractivity contribution in [2.45, 2.75) is 4.90 Å². The van der Waals surface area contributed by atoms with Crippen LogP contribution in [-0.4, -0.2) is 28.2 Å². The Hall–Kier alpha value is -2.67. The van der Waals surface area contributed by atoms with E-state index in [1.165, 1.54) is 11.9 Å². The van der Waals surface area contributed by atoms with E-state index in [0.29, 0.717) is 12.1 Å². The van der Waals surface area contributed by atoms with E-state index in [4.69, 9.17) is 5.11 Å². The first kappa shape index (κ1) is 17.7. The van der Waals surface area contributed by atoms with Gasteiger partial charge in [0.1, 0.15) is 11.5 Å². The number of rotatable bonds is 6. The molecule has 0 spiro atoms. The number of aliphatic hydroxyl groups excluding tert-OH is 1. The van der Waals surface area contributed by atoms with Gasteiger partial charge in [0.05, 0.1) is 6.61 Å². The largest absolute Gasteiger partial charge is 0.395 e. The van der Waals surface area contributed by atoms with Crippen LogP contribution in [0.3, 0.4) is 0 Å². The molecule has 2 aromatic carbocycles. The molecule has 0 saturated carbocycles. The molecular formula is C21H18FN3OS. The highest BCUT2D eigenvalue weighted by Crippen LogP contribution is 2.33. The molecule has 136 valence electrons. The van der Waals surface area contributed by atoms with Gasteiger partial charge in [0.2, 0.25) is 0 Å². The number of halogens is 1. The van der Waals surface area contributed by atoms with Gasteiger partial charge in [-0.1, -0.05) is 30.3 Å². The molecule has 0 aliphatic carbocycles. The van der Waals surface area contributed by atoms with Crippen molar-refractivity contribution in [1.82, 2.24) is 14.7 Å². The molecule has 0 aliphatic rings. The van der Waals surface area contributed by atoms with Crippen LogP contribution in [0, 0.1) is 5.82 Å². The van der Waals surface area contributed by atoms with Crippen LogP contribution in [0.2, 0.25) is 0 Å². The Morgan fingerprint density at radius 1 is 1.04 bits per heavy atom. The molecule has 3 N–H and O–H groups in total. The molecule has 0 saturated heterocycles. The summed E-state index contributed by atoms with van der Waals surface area (Å²) >= 11 is 1.43. The Bertz CT molecular complexity index is 1080. The molecule has 2 heterocycles. The summed E-state index contributed by atoms with van der Waals surface area (Å²) in [6, 6.07) is 16.9. The van der Waals surface area contributed by atoms with Crippen LogP contribution in [0.1, 0.15) is 0 Å². The Labute approximate surface area is 160 Å². The van der Waals surface area contributed by atoms with E-state index < -0.39 is 0 Å². The standard InChI is InChI=1S/C21H18FN3OS/c22-19-12-14(18-3-1-2-4-20(18)27-25-9-10-26)5-6-17(19)16-11-15-7-8-23-21(15)24-13-16/h1-8,11-13,25-26H,9-10H2,(H,23,24). The van der Waals surface area contributed by atoms with Crippen molar-refractivity contribution in [2.75, 3.05) is 13.2 Å². The van der Waals surface area contributed by atoms with Gasteiger partial charge in [0.15, 0.2) is 0 Å². The molecule has 27 heavy (non-hydrogen) atoms. The maximum atomic E-state index is 14.9. The second-order valence-electron chi connectivity index (χ2n) is 6.05. The predicted molar refractivity (Wildman–Crippen MR) is 108 cm³/mol. The third kappa shape index (κ3) is 3.73. The van der Waals surface area contributed by atoms with Crippen LogP contribution in [-0.2, 0) is 0 Å². The normalized spacial score (nSPS) is 11.2. The number of H-pyrrole nitrogens is 1. The van der Waals surface area contributed by atoms with Crippen molar-refractivity contribution < 1.29 is 9.50 Å². The summed E-state index contributed by atoms with van der Waals surface area (Å²) in [5, 5.41) is 9.88. The Morgan fingerprint density at radius 2 is 1.93 bits per heavy atom. The lowest BCUT2D eigenvalue weighted by Gasteiger charge is -2.11. The summed E-state index contributed by atoms with van der Waals surface area (Å²) in [5.41, 5.74) is 3.81. The van der Waals surface area contributed by atoms with Gasteiger partial charge in [-0.05, 0) is 47.3 Å².